The number of nitrogens with one attached hydrogen (secondary N) is 1. The van der Waals surface area contributed by atoms with Crippen LogP contribution in [-0.2, 0) is 5.41 Å². The number of nitrogens with zero attached hydrogens (tertiary/aromatic N) is 1. The lowest BCUT2D eigenvalue weighted by Crippen LogP contribution is -2.17. The standard InChI is InChI=1S/C13H22N2/c1-5-7-8-9-13(3,4)12-10-11(6-2)14-15-12/h6,10H,2,5,7-9H2,1,3-4H3,(H,14,15). The molecule has 0 bridgehead atoms. The summed E-state index contributed by atoms with van der Waals surface area (Å²) in [5, 5.41) is 7.29. The van der Waals surface area contributed by atoms with Crippen molar-refractivity contribution < 1.29 is 0 Å². The molecular formula is C13H22N2. The largest absolute Gasteiger partial charge is 0.281 e. The van der Waals surface area contributed by atoms with Crippen molar-refractivity contribution in [1.29, 1.82) is 0 Å². The highest BCUT2D eigenvalue weighted by Gasteiger charge is 2.21. The van der Waals surface area contributed by atoms with Gasteiger partial charge in [-0.05, 0) is 18.6 Å². The van der Waals surface area contributed by atoms with Gasteiger partial charge in [-0.1, -0.05) is 46.6 Å². The van der Waals surface area contributed by atoms with E-state index in [2.05, 4.69) is 43.6 Å². The molecule has 1 N–H and O–H groups in total. The molecule has 0 aromatic carbocycles. The molecule has 0 radical (unpaired) electrons. The fourth-order valence-corrected chi connectivity index (χ4v) is 1.74. The zero-order valence-electron chi connectivity index (χ0n) is 10.1. The van der Waals surface area contributed by atoms with E-state index in [1.54, 1.807) is 6.08 Å². The molecular weight excluding hydrogens is 184 g/mol. The molecule has 0 aliphatic heterocycles. The maximum Gasteiger partial charge on any atom is 0.0845 e. The van der Waals surface area contributed by atoms with Gasteiger partial charge in [0.05, 0.1) is 5.69 Å². The second-order valence-electron chi connectivity index (χ2n) is 4.75. The van der Waals surface area contributed by atoms with Crippen LogP contribution in [0, 0.1) is 0 Å². The van der Waals surface area contributed by atoms with Gasteiger partial charge in [0.15, 0.2) is 0 Å². The van der Waals surface area contributed by atoms with Crippen LogP contribution in [0.1, 0.15) is 57.8 Å². The van der Waals surface area contributed by atoms with Gasteiger partial charge in [-0.15, -0.1) is 0 Å². The fraction of sp³-hybridized carbons (Fsp3) is 0.615. The second kappa shape index (κ2) is 5.15. The van der Waals surface area contributed by atoms with Crippen LogP contribution in [0.15, 0.2) is 12.6 Å². The lowest BCUT2D eigenvalue weighted by atomic mass is 9.83. The molecule has 0 unspecified atom stereocenters. The number of aromatic amines is 1. The van der Waals surface area contributed by atoms with Gasteiger partial charge in [-0.2, -0.15) is 5.10 Å². The van der Waals surface area contributed by atoms with Crippen LogP contribution in [0.25, 0.3) is 6.08 Å². The summed E-state index contributed by atoms with van der Waals surface area (Å²) in [5.41, 5.74) is 2.35. The quantitative estimate of drug-likeness (QED) is 0.702. The molecule has 0 spiro atoms. The van der Waals surface area contributed by atoms with Gasteiger partial charge < -0.3 is 0 Å². The van der Waals surface area contributed by atoms with E-state index < -0.39 is 0 Å². The molecule has 0 amide bonds. The third-order valence-corrected chi connectivity index (χ3v) is 2.94. The molecule has 1 aromatic heterocycles. The number of H-pyrrole nitrogens is 1. The van der Waals surface area contributed by atoms with E-state index in [1.165, 1.54) is 31.4 Å². The van der Waals surface area contributed by atoms with Crippen LogP contribution >= 0.6 is 0 Å². The van der Waals surface area contributed by atoms with E-state index in [9.17, 15) is 0 Å². The van der Waals surface area contributed by atoms with E-state index in [-0.39, 0.29) is 5.41 Å². The van der Waals surface area contributed by atoms with Crippen molar-refractivity contribution in [2.24, 2.45) is 0 Å². The summed E-state index contributed by atoms with van der Waals surface area (Å²) in [6.45, 7) is 10.5. The van der Waals surface area contributed by atoms with Crippen LogP contribution in [0.2, 0.25) is 0 Å². The first-order chi connectivity index (χ1) is 7.10. The Kier molecular flexibility index (Phi) is 4.13. The molecule has 15 heavy (non-hydrogen) atoms. The lowest BCUT2D eigenvalue weighted by Gasteiger charge is -2.22. The first-order valence-corrected chi connectivity index (χ1v) is 5.78. The highest BCUT2D eigenvalue weighted by molar-refractivity contribution is 5.42. The van der Waals surface area contributed by atoms with Gasteiger partial charge in [-0.25, -0.2) is 0 Å². The molecule has 1 aromatic rings. The summed E-state index contributed by atoms with van der Waals surface area (Å²) in [5.74, 6) is 0. The van der Waals surface area contributed by atoms with Crippen molar-refractivity contribution in [2.75, 3.05) is 0 Å². The lowest BCUT2D eigenvalue weighted by molar-refractivity contribution is 0.438. The summed E-state index contributed by atoms with van der Waals surface area (Å²) >= 11 is 0. The van der Waals surface area contributed by atoms with Crippen molar-refractivity contribution in [1.82, 2.24) is 10.2 Å². The number of unbranched alkanes of at least 4 members (excludes halogenated alkanes) is 2. The second-order valence-corrected chi connectivity index (χ2v) is 4.75. The highest BCUT2D eigenvalue weighted by atomic mass is 15.1. The number of aromatic nitrogens is 2. The predicted molar refractivity (Wildman–Crippen MR) is 65.8 cm³/mol. The van der Waals surface area contributed by atoms with E-state index in [0.29, 0.717) is 0 Å². The third-order valence-electron chi connectivity index (χ3n) is 2.94. The molecule has 0 saturated carbocycles. The Bertz CT molecular complexity index is 310. The molecule has 2 nitrogen and oxygen atoms in total. The Morgan fingerprint density at radius 3 is 2.73 bits per heavy atom. The van der Waals surface area contributed by atoms with E-state index in [1.807, 2.05) is 0 Å². The smallest absolute Gasteiger partial charge is 0.0845 e. The SMILES string of the molecule is C=Cc1cc(C(C)(C)CCCCC)[nH]n1. The molecule has 0 atom stereocenters. The fourth-order valence-electron chi connectivity index (χ4n) is 1.74. The molecule has 2 heteroatoms. The van der Waals surface area contributed by atoms with Crippen molar-refractivity contribution in [3.05, 3.63) is 24.0 Å². The highest BCUT2D eigenvalue weighted by Crippen LogP contribution is 2.28. The van der Waals surface area contributed by atoms with E-state index >= 15 is 0 Å². The van der Waals surface area contributed by atoms with E-state index in [0.717, 1.165) is 5.69 Å². The van der Waals surface area contributed by atoms with Gasteiger partial charge in [-0.3, -0.25) is 5.10 Å². The maximum absolute atomic E-state index is 4.19. The summed E-state index contributed by atoms with van der Waals surface area (Å²) in [6, 6.07) is 2.10. The molecule has 1 rings (SSSR count). The molecule has 1 heterocycles. The number of hydrogen-bond acceptors (Lipinski definition) is 1. The zero-order chi connectivity index (χ0) is 11.3. The Labute approximate surface area is 92.8 Å². The third kappa shape index (κ3) is 3.22. The molecule has 84 valence electrons. The first-order valence-electron chi connectivity index (χ1n) is 5.78. The Hall–Kier alpha value is -1.05. The average Bonchev–Trinajstić information content (AvgIpc) is 2.66. The van der Waals surface area contributed by atoms with E-state index in [4.69, 9.17) is 0 Å². The topological polar surface area (TPSA) is 28.7 Å². The number of rotatable bonds is 6. The summed E-state index contributed by atoms with van der Waals surface area (Å²) in [7, 11) is 0. The minimum absolute atomic E-state index is 0.198. The summed E-state index contributed by atoms with van der Waals surface area (Å²) < 4.78 is 0. The molecule has 0 fully saturated rings. The van der Waals surface area contributed by atoms with Crippen molar-refractivity contribution in [3.63, 3.8) is 0 Å². The average molecular weight is 206 g/mol. The van der Waals surface area contributed by atoms with Crippen molar-refractivity contribution in [3.8, 4) is 0 Å². The monoisotopic (exact) mass is 206 g/mol. The first kappa shape index (κ1) is 12.0. The predicted octanol–water partition coefficient (Wildman–Crippen LogP) is 3.91. The van der Waals surface area contributed by atoms with Crippen LogP contribution in [0.4, 0.5) is 0 Å². The van der Waals surface area contributed by atoms with Crippen LogP contribution < -0.4 is 0 Å². The van der Waals surface area contributed by atoms with Gasteiger partial charge in [0.25, 0.3) is 0 Å². The maximum atomic E-state index is 4.19. The molecule has 0 aliphatic carbocycles. The summed E-state index contributed by atoms with van der Waals surface area (Å²) in [4.78, 5) is 0. The van der Waals surface area contributed by atoms with Gasteiger partial charge in [0.1, 0.15) is 0 Å². The zero-order valence-corrected chi connectivity index (χ0v) is 10.1. The van der Waals surface area contributed by atoms with Gasteiger partial charge in [0.2, 0.25) is 0 Å². The minimum atomic E-state index is 0.198. The van der Waals surface area contributed by atoms with Crippen LogP contribution in [0.5, 0.6) is 0 Å². The molecule has 0 saturated heterocycles. The Balaban J connectivity index is 2.63. The van der Waals surface area contributed by atoms with Crippen molar-refractivity contribution >= 4 is 6.08 Å². The molecule has 0 aliphatic rings. The normalized spacial score (nSPS) is 11.7. The Morgan fingerprint density at radius 1 is 1.47 bits per heavy atom. The van der Waals surface area contributed by atoms with Crippen LogP contribution in [0.3, 0.4) is 0 Å². The van der Waals surface area contributed by atoms with Crippen LogP contribution in [-0.4, -0.2) is 10.2 Å². The number of hydrogen-bond donors (Lipinski definition) is 1. The van der Waals surface area contributed by atoms with Crippen molar-refractivity contribution in [2.45, 2.75) is 51.9 Å². The Morgan fingerprint density at radius 2 is 2.20 bits per heavy atom. The minimum Gasteiger partial charge on any atom is -0.281 e. The van der Waals surface area contributed by atoms with Gasteiger partial charge in [0, 0.05) is 11.1 Å². The summed E-state index contributed by atoms with van der Waals surface area (Å²) in [6.07, 6.45) is 6.86. The van der Waals surface area contributed by atoms with Gasteiger partial charge >= 0.3 is 0 Å².